The highest BCUT2D eigenvalue weighted by Crippen LogP contribution is 2.36. The Balaban J connectivity index is 1.14. The van der Waals surface area contributed by atoms with Gasteiger partial charge in [0.05, 0.1) is 11.7 Å². The molecule has 2 N–H and O–H groups in total. The van der Waals surface area contributed by atoms with E-state index in [1.54, 1.807) is 10.9 Å². The molecule has 8 heteroatoms. The minimum absolute atomic E-state index is 0.0436. The van der Waals surface area contributed by atoms with Crippen LogP contribution in [0.3, 0.4) is 0 Å². The van der Waals surface area contributed by atoms with Gasteiger partial charge in [0, 0.05) is 44.0 Å². The van der Waals surface area contributed by atoms with Crippen molar-refractivity contribution < 1.29 is 9.90 Å². The van der Waals surface area contributed by atoms with E-state index in [0.717, 1.165) is 24.1 Å². The number of benzene rings is 2. The molecule has 2 atom stereocenters. The minimum atomic E-state index is -1.41. The van der Waals surface area contributed by atoms with Crippen LogP contribution >= 0.6 is 0 Å². The number of nitrogens with one attached hydrogen (secondary N) is 1. The fourth-order valence-electron chi connectivity index (χ4n) is 6.06. The van der Waals surface area contributed by atoms with Gasteiger partial charge in [-0.2, -0.15) is 0 Å². The van der Waals surface area contributed by atoms with Gasteiger partial charge >= 0.3 is 0 Å². The summed E-state index contributed by atoms with van der Waals surface area (Å²) in [7, 11) is 0. The van der Waals surface area contributed by atoms with Gasteiger partial charge in [-0.1, -0.05) is 48.5 Å². The molecule has 0 bridgehead atoms. The summed E-state index contributed by atoms with van der Waals surface area (Å²) in [5, 5.41) is 15.6. The van der Waals surface area contributed by atoms with Gasteiger partial charge in [-0.05, 0) is 55.5 Å². The van der Waals surface area contributed by atoms with Crippen LogP contribution in [0.4, 0.5) is 0 Å². The van der Waals surface area contributed by atoms with E-state index in [2.05, 4.69) is 10.3 Å². The molecule has 8 nitrogen and oxygen atoms in total. The largest absolute Gasteiger partial charge is 0.379 e. The second-order valence-electron chi connectivity index (χ2n) is 10.5. The molecular weight excluding hydrogens is 478 g/mol. The topological polar surface area (TPSA) is 92.4 Å². The van der Waals surface area contributed by atoms with Crippen LogP contribution in [0.1, 0.15) is 30.7 Å². The summed E-state index contributed by atoms with van der Waals surface area (Å²) in [5.74, 6) is -0.184. The van der Waals surface area contributed by atoms with Crippen LogP contribution in [-0.4, -0.2) is 61.8 Å². The number of hydrogen-bond acceptors (Lipinski definition) is 5. The number of hydrogen-bond donors (Lipinski definition) is 2. The maximum atomic E-state index is 13.6. The minimum Gasteiger partial charge on any atom is -0.379 e. The Labute approximate surface area is 221 Å². The van der Waals surface area contributed by atoms with Crippen molar-refractivity contribution in [3.63, 3.8) is 0 Å². The normalized spacial score (nSPS) is 22.6. The van der Waals surface area contributed by atoms with E-state index in [1.807, 2.05) is 82.4 Å². The summed E-state index contributed by atoms with van der Waals surface area (Å²) in [6.07, 6.45) is 5.49. The highest BCUT2D eigenvalue weighted by atomic mass is 16.3. The second kappa shape index (κ2) is 10.2. The molecule has 196 valence electrons. The number of para-hydroxylation sites is 1. The lowest BCUT2D eigenvalue weighted by molar-refractivity contribution is -0.158. The fourth-order valence-corrected chi connectivity index (χ4v) is 6.06. The van der Waals surface area contributed by atoms with E-state index in [0.29, 0.717) is 50.2 Å². The van der Waals surface area contributed by atoms with E-state index in [9.17, 15) is 14.7 Å². The zero-order valence-corrected chi connectivity index (χ0v) is 21.4. The van der Waals surface area contributed by atoms with Crippen molar-refractivity contribution in [2.24, 2.45) is 5.92 Å². The number of likely N-dealkylation sites (tertiary alicyclic amines) is 1. The number of piperidine rings is 2. The van der Waals surface area contributed by atoms with Crippen LogP contribution in [-0.2, 0) is 11.3 Å². The van der Waals surface area contributed by atoms with Crippen molar-refractivity contribution >= 4 is 16.9 Å². The molecule has 4 aromatic rings. The smallest absolute Gasteiger partial charge is 0.262 e. The Bertz CT molecular complexity index is 1470. The predicted molar refractivity (Wildman–Crippen MR) is 146 cm³/mol. The van der Waals surface area contributed by atoms with E-state index in [4.69, 9.17) is 0 Å². The fraction of sp³-hybridized carbons (Fsp3) is 0.367. The Morgan fingerprint density at radius 3 is 2.47 bits per heavy atom. The highest BCUT2D eigenvalue weighted by molar-refractivity contribution is 5.86. The lowest BCUT2D eigenvalue weighted by Crippen LogP contribution is -2.59. The lowest BCUT2D eigenvalue weighted by Gasteiger charge is -2.43. The Hall–Kier alpha value is -3.75. The molecule has 38 heavy (non-hydrogen) atoms. The van der Waals surface area contributed by atoms with Crippen molar-refractivity contribution in [1.29, 1.82) is 0 Å². The molecule has 4 heterocycles. The van der Waals surface area contributed by atoms with Crippen molar-refractivity contribution in [2.75, 3.05) is 26.2 Å². The van der Waals surface area contributed by atoms with E-state index in [1.165, 1.54) is 0 Å². The first-order chi connectivity index (χ1) is 18.5. The van der Waals surface area contributed by atoms with E-state index < -0.39 is 5.60 Å². The molecule has 1 amide bonds. The highest BCUT2D eigenvalue weighted by Gasteiger charge is 2.48. The number of carbonyl (C=O) groups excluding carboxylic acids is 1. The average Bonchev–Trinajstić information content (AvgIpc) is 3.41. The van der Waals surface area contributed by atoms with E-state index >= 15 is 0 Å². The number of nitrogens with zero attached hydrogens (tertiary/aromatic N) is 4. The van der Waals surface area contributed by atoms with Gasteiger partial charge < -0.3 is 19.9 Å². The number of rotatable bonds is 5. The summed E-state index contributed by atoms with van der Waals surface area (Å²) in [5.41, 5.74) is 1.15. The van der Waals surface area contributed by atoms with Crippen LogP contribution in [0.15, 0.2) is 84.0 Å². The van der Waals surface area contributed by atoms with Gasteiger partial charge in [-0.15, -0.1) is 0 Å². The molecule has 2 fully saturated rings. The van der Waals surface area contributed by atoms with Crippen LogP contribution in [0.2, 0.25) is 0 Å². The number of carbonyl (C=O) groups is 1. The van der Waals surface area contributed by atoms with Crippen LogP contribution < -0.4 is 10.9 Å². The monoisotopic (exact) mass is 511 g/mol. The molecule has 6 rings (SSSR count). The van der Waals surface area contributed by atoms with Crippen LogP contribution in [0.25, 0.3) is 16.7 Å². The summed E-state index contributed by atoms with van der Waals surface area (Å²) >= 11 is 0. The van der Waals surface area contributed by atoms with Crippen molar-refractivity contribution in [3.8, 4) is 5.69 Å². The van der Waals surface area contributed by atoms with Gasteiger partial charge in [0.1, 0.15) is 0 Å². The molecule has 2 aliphatic rings. The Morgan fingerprint density at radius 2 is 1.74 bits per heavy atom. The van der Waals surface area contributed by atoms with Crippen LogP contribution in [0, 0.1) is 5.92 Å². The third-order valence-electron chi connectivity index (χ3n) is 8.24. The van der Waals surface area contributed by atoms with Crippen molar-refractivity contribution in [1.82, 2.24) is 24.3 Å². The quantitative estimate of drug-likeness (QED) is 0.430. The molecule has 0 saturated carbocycles. The number of aliphatic hydroxyl groups is 1. The van der Waals surface area contributed by atoms with Crippen molar-refractivity contribution in [2.45, 2.75) is 37.3 Å². The second-order valence-corrected chi connectivity index (χ2v) is 10.5. The summed E-state index contributed by atoms with van der Waals surface area (Å²) in [4.78, 5) is 33.3. The number of aromatic nitrogens is 3. The van der Waals surface area contributed by atoms with Gasteiger partial charge in [-0.25, -0.2) is 4.98 Å². The standard InChI is InChI=1S/C30H33N5O3/c36-28-25-13-18-35(24-9-5-2-6-10-24)27(25)32-21-34(28)20-22-11-16-33(17-12-22)29(37)30(38)14-15-31-19-26(30)23-7-3-1-4-8-23/h1-10,13,18,21-22,26,31,38H,11-12,14-17,19-20H2/t26-,30+/m0/s1. The van der Waals surface area contributed by atoms with Gasteiger partial charge in [0.25, 0.3) is 11.5 Å². The number of amides is 1. The third kappa shape index (κ3) is 4.44. The average molecular weight is 512 g/mol. The van der Waals surface area contributed by atoms with Gasteiger partial charge in [-0.3, -0.25) is 14.2 Å². The van der Waals surface area contributed by atoms with Gasteiger partial charge in [0.15, 0.2) is 11.2 Å². The first kappa shape index (κ1) is 24.6. The Kier molecular flexibility index (Phi) is 6.59. The first-order valence-corrected chi connectivity index (χ1v) is 13.4. The maximum Gasteiger partial charge on any atom is 0.262 e. The zero-order valence-electron chi connectivity index (χ0n) is 21.4. The third-order valence-corrected chi connectivity index (χ3v) is 8.24. The molecule has 0 spiro atoms. The molecule has 2 saturated heterocycles. The SMILES string of the molecule is O=C(N1CCC(Cn2cnc3c(ccn3-c3ccccc3)c2=O)CC1)[C@@]1(O)CCNC[C@H]1c1ccccc1. The summed E-state index contributed by atoms with van der Waals surface area (Å²) in [6.45, 7) is 2.92. The number of fused-ring (bicyclic) bond motifs is 1. The molecule has 0 radical (unpaired) electrons. The molecule has 0 unspecified atom stereocenters. The zero-order chi connectivity index (χ0) is 26.1. The van der Waals surface area contributed by atoms with Crippen molar-refractivity contribution in [3.05, 3.63) is 95.2 Å². The maximum absolute atomic E-state index is 13.6. The Morgan fingerprint density at radius 1 is 1.03 bits per heavy atom. The van der Waals surface area contributed by atoms with Crippen LogP contribution in [0.5, 0.6) is 0 Å². The van der Waals surface area contributed by atoms with E-state index in [-0.39, 0.29) is 23.3 Å². The molecule has 2 aromatic carbocycles. The predicted octanol–water partition coefficient (Wildman–Crippen LogP) is 2.93. The molecular formula is C30H33N5O3. The molecule has 2 aromatic heterocycles. The van der Waals surface area contributed by atoms with Gasteiger partial charge in [0.2, 0.25) is 0 Å². The first-order valence-electron chi connectivity index (χ1n) is 13.4. The summed E-state index contributed by atoms with van der Waals surface area (Å²) < 4.78 is 3.63. The lowest BCUT2D eigenvalue weighted by atomic mass is 9.76. The molecule has 0 aliphatic carbocycles. The summed E-state index contributed by atoms with van der Waals surface area (Å²) in [6, 6.07) is 21.5. The molecule has 2 aliphatic heterocycles.